The lowest BCUT2D eigenvalue weighted by Crippen LogP contribution is -1.99. The van der Waals surface area contributed by atoms with Crippen molar-refractivity contribution in [1.29, 1.82) is 0 Å². The molecule has 0 radical (unpaired) electrons. The van der Waals surface area contributed by atoms with Crippen LogP contribution in [-0.2, 0) is 20.2 Å². The van der Waals surface area contributed by atoms with Gasteiger partial charge in [-0.25, -0.2) is 0 Å². The standard InChI is InChI=1S/C24H20N4O7S2/c1-14-7-9-17(36(30,31)32)12-19(14)25-27-21-11-15(2)20(13-23(21)37(33,34)35)26-28-24-18-6-4-3-5-16(18)8-10-22(24)29/h3-13,29H,1-2H3,(H,30,31,32)(H,33,34,35). The number of aromatic hydroxyl groups is 1. The van der Waals surface area contributed by atoms with Crippen LogP contribution in [0.2, 0.25) is 0 Å². The maximum Gasteiger partial charge on any atom is 0.296 e. The minimum absolute atomic E-state index is 0.0595. The van der Waals surface area contributed by atoms with Gasteiger partial charge in [0.05, 0.1) is 16.3 Å². The zero-order chi connectivity index (χ0) is 27.0. The van der Waals surface area contributed by atoms with Gasteiger partial charge < -0.3 is 5.11 Å². The van der Waals surface area contributed by atoms with E-state index in [1.54, 1.807) is 32.0 Å². The van der Waals surface area contributed by atoms with E-state index < -0.39 is 30.0 Å². The molecule has 190 valence electrons. The van der Waals surface area contributed by atoms with Crippen molar-refractivity contribution in [2.45, 2.75) is 23.6 Å². The first kappa shape index (κ1) is 26.0. The Balaban J connectivity index is 1.79. The molecule has 0 atom stereocenters. The molecule has 11 nitrogen and oxygen atoms in total. The van der Waals surface area contributed by atoms with Crippen LogP contribution in [0.3, 0.4) is 0 Å². The summed E-state index contributed by atoms with van der Waals surface area (Å²) in [6.07, 6.45) is 0. The number of fused-ring (bicyclic) bond motifs is 1. The van der Waals surface area contributed by atoms with Crippen LogP contribution in [0.5, 0.6) is 5.75 Å². The van der Waals surface area contributed by atoms with E-state index in [4.69, 9.17) is 0 Å². The first-order valence-corrected chi connectivity index (χ1v) is 13.5. The molecule has 0 unspecified atom stereocenters. The summed E-state index contributed by atoms with van der Waals surface area (Å²) in [5.74, 6) is -0.122. The first-order valence-electron chi connectivity index (χ1n) is 10.6. The third-order valence-electron chi connectivity index (χ3n) is 5.44. The van der Waals surface area contributed by atoms with E-state index >= 15 is 0 Å². The maximum atomic E-state index is 12.1. The van der Waals surface area contributed by atoms with Crippen LogP contribution in [0.4, 0.5) is 22.7 Å². The summed E-state index contributed by atoms with van der Waals surface area (Å²) in [5.41, 5.74) is 1.02. The van der Waals surface area contributed by atoms with Gasteiger partial charge in [0, 0.05) is 5.39 Å². The summed E-state index contributed by atoms with van der Waals surface area (Å²) < 4.78 is 66.2. The molecule has 0 fully saturated rings. The number of benzene rings is 4. The highest BCUT2D eigenvalue weighted by molar-refractivity contribution is 7.86. The Morgan fingerprint density at radius 3 is 2.00 bits per heavy atom. The quantitative estimate of drug-likeness (QED) is 0.185. The molecule has 0 bridgehead atoms. The molecule has 4 aromatic rings. The van der Waals surface area contributed by atoms with Crippen molar-refractivity contribution in [2.24, 2.45) is 20.5 Å². The third kappa shape index (κ3) is 5.70. The van der Waals surface area contributed by atoms with Crippen molar-refractivity contribution < 1.29 is 31.0 Å². The lowest BCUT2D eigenvalue weighted by Gasteiger charge is -2.08. The lowest BCUT2D eigenvalue weighted by atomic mass is 10.1. The van der Waals surface area contributed by atoms with Crippen LogP contribution in [0.25, 0.3) is 10.8 Å². The van der Waals surface area contributed by atoms with Crippen LogP contribution in [0, 0.1) is 13.8 Å². The highest BCUT2D eigenvalue weighted by atomic mass is 32.2. The van der Waals surface area contributed by atoms with Crippen LogP contribution in [0.1, 0.15) is 11.1 Å². The minimum Gasteiger partial charge on any atom is -0.506 e. The van der Waals surface area contributed by atoms with Crippen LogP contribution < -0.4 is 0 Å². The predicted octanol–water partition coefficient (Wildman–Crippen LogP) is 6.49. The molecule has 0 saturated carbocycles. The number of phenols is 1. The molecule has 0 aliphatic rings. The lowest BCUT2D eigenvalue weighted by molar-refractivity contribution is 0.477. The van der Waals surface area contributed by atoms with Crippen molar-refractivity contribution in [2.75, 3.05) is 0 Å². The summed E-state index contributed by atoms with van der Waals surface area (Å²) >= 11 is 0. The molecule has 4 aromatic carbocycles. The smallest absolute Gasteiger partial charge is 0.296 e. The summed E-state index contributed by atoms with van der Waals surface area (Å²) in [7, 11) is -9.28. The second-order valence-electron chi connectivity index (χ2n) is 8.06. The second-order valence-corrected chi connectivity index (χ2v) is 10.9. The van der Waals surface area contributed by atoms with Gasteiger partial charge in [-0.1, -0.05) is 36.4 Å². The van der Waals surface area contributed by atoms with E-state index in [0.717, 1.165) is 17.5 Å². The van der Waals surface area contributed by atoms with Crippen LogP contribution >= 0.6 is 0 Å². The number of nitrogens with zero attached hydrogens (tertiary/aromatic N) is 4. The largest absolute Gasteiger partial charge is 0.506 e. The van der Waals surface area contributed by atoms with Gasteiger partial charge in [-0.3, -0.25) is 9.11 Å². The summed E-state index contributed by atoms with van der Waals surface area (Å²) in [6, 6.07) is 16.4. The van der Waals surface area contributed by atoms with Gasteiger partial charge in [-0.15, -0.1) is 10.2 Å². The van der Waals surface area contributed by atoms with E-state index in [-0.39, 0.29) is 28.5 Å². The van der Waals surface area contributed by atoms with E-state index in [0.29, 0.717) is 16.5 Å². The zero-order valence-corrected chi connectivity index (χ0v) is 21.1. The van der Waals surface area contributed by atoms with Gasteiger partial charge in [0.25, 0.3) is 20.2 Å². The van der Waals surface area contributed by atoms with E-state index in [2.05, 4.69) is 20.5 Å². The number of phenolic OH excluding ortho intramolecular Hbond substituents is 1. The SMILES string of the molecule is Cc1ccc(S(=O)(=O)O)cc1N=Nc1cc(C)c(N=Nc2c(O)ccc3ccccc23)cc1S(=O)(=O)O. The summed E-state index contributed by atoms with van der Waals surface area (Å²) in [4.78, 5) is -1.02. The fourth-order valence-electron chi connectivity index (χ4n) is 3.47. The molecule has 0 heterocycles. The van der Waals surface area contributed by atoms with Crippen molar-refractivity contribution in [3.8, 4) is 5.75 Å². The van der Waals surface area contributed by atoms with E-state index in [1.807, 2.05) is 12.1 Å². The Morgan fingerprint density at radius 2 is 1.30 bits per heavy atom. The molecule has 0 aliphatic carbocycles. The Labute approximate surface area is 212 Å². The molecule has 0 aliphatic heterocycles. The Bertz CT molecular complexity index is 1820. The zero-order valence-electron chi connectivity index (χ0n) is 19.4. The number of aryl methyl sites for hydroxylation is 2. The predicted molar refractivity (Wildman–Crippen MR) is 136 cm³/mol. The van der Waals surface area contributed by atoms with Crippen LogP contribution in [0.15, 0.2) is 97.0 Å². The normalized spacial score (nSPS) is 12.6. The van der Waals surface area contributed by atoms with E-state index in [9.17, 15) is 31.0 Å². The van der Waals surface area contributed by atoms with Gasteiger partial charge in [0.15, 0.2) is 0 Å². The van der Waals surface area contributed by atoms with Gasteiger partial charge in [0.1, 0.15) is 22.0 Å². The molecule has 0 amide bonds. The first-order chi connectivity index (χ1) is 17.3. The van der Waals surface area contributed by atoms with Crippen molar-refractivity contribution in [1.82, 2.24) is 0 Å². The summed E-state index contributed by atoms with van der Waals surface area (Å²) in [6.45, 7) is 3.22. The molecule has 0 saturated heterocycles. The van der Waals surface area contributed by atoms with Crippen molar-refractivity contribution in [3.63, 3.8) is 0 Å². The van der Waals surface area contributed by atoms with Gasteiger partial charge in [-0.05, 0) is 60.7 Å². The molecule has 0 spiro atoms. The Hall–Kier alpha value is -4.04. The van der Waals surface area contributed by atoms with Gasteiger partial charge in [-0.2, -0.15) is 27.1 Å². The summed E-state index contributed by atoms with van der Waals surface area (Å²) in [5, 5.41) is 27.8. The topological polar surface area (TPSA) is 178 Å². The number of azo groups is 2. The highest BCUT2D eigenvalue weighted by Crippen LogP contribution is 2.38. The van der Waals surface area contributed by atoms with Crippen LogP contribution in [-0.4, -0.2) is 31.0 Å². The molecule has 3 N–H and O–H groups in total. The van der Waals surface area contributed by atoms with Crippen molar-refractivity contribution >= 4 is 53.8 Å². The average Bonchev–Trinajstić information content (AvgIpc) is 2.82. The van der Waals surface area contributed by atoms with Gasteiger partial charge >= 0.3 is 0 Å². The fourth-order valence-corrected chi connectivity index (χ4v) is 4.60. The number of hydrogen-bond donors (Lipinski definition) is 3. The highest BCUT2D eigenvalue weighted by Gasteiger charge is 2.19. The van der Waals surface area contributed by atoms with Crippen molar-refractivity contribution in [3.05, 3.63) is 77.9 Å². The Morgan fingerprint density at radius 1 is 0.649 bits per heavy atom. The fraction of sp³-hybridized carbons (Fsp3) is 0.0833. The molecule has 37 heavy (non-hydrogen) atoms. The van der Waals surface area contributed by atoms with Gasteiger partial charge in [0.2, 0.25) is 0 Å². The monoisotopic (exact) mass is 540 g/mol. The maximum absolute atomic E-state index is 12.1. The Kier molecular flexibility index (Phi) is 6.88. The second kappa shape index (κ2) is 9.78. The molecular formula is C24H20N4O7S2. The average molecular weight is 541 g/mol. The molecule has 4 rings (SSSR count). The molecule has 0 aromatic heterocycles. The minimum atomic E-state index is -4.79. The number of hydrogen-bond acceptors (Lipinski definition) is 9. The molecular weight excluding hydrogens is 520 g/mol. The third-order valence-corrected chi connectivity index (χ3v) is 7.17. The van der Waals surface area contributed by atoms with E-state index in [1.165, 1.54) is 24.3 Å². The molecule has 13 heteroatoms. The number of rotatable bonds is 6.